The summed E-state index contributed by atoms with van der Waals surface area (Å²) in [5, 5.41) is 7.58. The number of halogens is 3. The average molecular weight is 739 g/mol. The number of nitrogens with one attached hydrogen (secondary N) is 1. The van der Waals surface area contributed by atoms with Crippen LogP contribution in [0.25, 0.3) is 10.8 Å². The highest BCUT2D eigenvalue weighted by atomic mass is 35.5. The Kier molecular flexibility index (Phi) is 9.28. The van der Waals surface area contributed by atoms with Gasteiger partial charge >= 0.3 is 16.0 Å². The maximum Gasteiger partial charge on any atom is 0.346 e. The van der Waals surface area contributed by atoms with E-state index in [1.54, 1.807) is 35.3 Å². The smallest absolute Gasteiger partial charge is 0.282 e. The van der Waals surface area contributed by atoms with Crippen molar-refractivity contribution in [3.05, 3.63) is 99.5 Å². The van der Waals surface area contributed by atoms with Gasteiger partial charge < -0.3 is 0 Å². The average Bonchev–Trinajstić information content (AvgIpc) is 3.46. The minimum absolute atomic E-state index is 0.00316. The van der Waals surface area contributed by atoms with Crippen LogP contribution in [-0.4, -0.2) is 50.9 Å². The zero-order valence-corrected chi connectivity index (χ0v) is 28.4. The van der Waals surface area contributed by atoms with Gasteiger partial charge in [0, 0.05) is 40.1 Å². The van der Waals surface area contributed by atoms with Crippen LogP contribution in [0.5, 0.6) is 0 Å². The summed E-state index contributed by atoms with van der Waals surface area (Å²) in [6.45, 7) is 0.291. The normalized spacial score (nSPS) is 18.3. The lowest BCUT2D eigenvalue weighted by atomic mass is 10.0. The SMILES string of the molecule is O=C(N[N+]1(OS(=O)(=O)c2cccc3c(S(=O)(=O)O)cccc23)CCCCC1)C1=NN(c2ccc(Cl)cc2Cl)[C@@H](c2ccc(Cl)cc2)C1. The first-order chi connectivity index (χ1) is 22.3. The van der Waals surface area contributed by atoms with E-state index < -0.39 is 41.8 Å². The summed E-state index contributed by atoms with van der Waals surface area (Å²) >= 11 is 18.8. The Morgan fingerprint density at radius 3 is 2.11 bits per heavy atom. The molecular weight excluding hydrogens is 711 g/mol. The van der Waals surface area contributed by atoms with Crippen LogP contribution in [0, 0.1) is 0 Å². The van der Waals surface area contributed by atoms with Crippen LogP contribution in [0.15, 0.2) is 93.8 Å². The fourth-order valence-electron chi connectivity index (χ4n) is 5.88. The second-order valence-electron chi connectivity index (χ2n) is 11.2. The summed E-state index contributed by atoms with van der Waals surface area (Å²) in [5.41, 5.74) is 4.23. The topological polar surface area (TPSA) is 142 Å². The van der Waals surface area contributed by atoms with E-state index in [1.165, 1.54) is 36.4 Å². The van der Waals surface area contributed by atoms with Gasteiger partial charge in [0.05, 0.1) is 16.8 Å². The number of fused-ring (bicyclic) bond motifs is 1. The number of quaternary nitrogens is 1. The van der Waals surface area contributed by atoms with E-state index in [0.29, 0.717) is 33.6 Å². The van der Waals surface area contributed by atoms with Crippen molar-refractivity contribution < 1.29 is 35.2 Å². The molecule has 1 saturated heterocycles. The molecule has 1 amide bonds. The summed E-state index contributed by atoms with van der Waals surface area (Å²) < 4.78 is 66.5. The van der Waals surface area contributed by atoms with Gasteiger partial charge in [0.2, 0.25) is 0 Å². The quantitative estimate of drug-likeness (QED) is 0.150. The molecule has 4 aromatic rings. The summed E-state index contributed by atoms with van der Waals surface area (Å²) in [5.74, 6) is -0.639. The highest BCUT2D eigenvalue weighted by Crippen LogP contribution is 2.40. The van der Waals surface area contributed by atoms with Crippen LogP contribution >= 0.6 is 34.8 Å². The Labute approximate surface area is 286 Å². The number of carbonyl (C=O) groups is 1. The molecule has 1 atom stereocenters. The van der Waals surface area contributed by atoms with Crippen molar-refractivity contribution in [3.63, 3.8) is 0 Å². The van der Waals surface area contributed by atoms with Gasteiger partial charge in [-0.1, -0.05) is 76.0 Å². The van der Waals surface area contributed by atoms with Gasteiger partial charge in [-0.2, -0.15) is 27.4 Å². The van der Waals surface area contributed by atoms with Crippen LogP contribution in [-0.2, 0) is 29.3 Å². The monoisotopic (exact) mass is 737 g/mol. The lowest BCUT2D eigenvalue weighted by Crippen LogP contribution is -2.64. The minimum Gasteiger partial charge on any atom is -0.282 e. The van der Waals surface area contributed by atoms with E-state index in [4.69, 9.17) is 39.1 Å². The number of hydrazone groups is 1. The Morgan fingerprint density at radius 2 is 1.47 bits per heavy atom. The number of anilines is 1. The van der Waals surface area contributed by atoms with E-state index in [-0.39, 0.29) is 40.9 Å². The maximum absolute atomic E-state index is 13.9. The van der Waals surface area contributed by atoms with E-state index in [2.05, 4.69) is 10.5 Å². The molecule has 0 radical (unpaired) electrons. The van der Waals surface area contributed by atoms with Crippen molar-refractivity contribution in [1.29, 1.82) is 0 Å². The molecule has 0 unspecified atom stereocenters. The highest BCUT2D eigenvalue weighted by Gasteiger charge is 2.44. The van der Waals surface area contributed by atoms with Gasteiger partial charge in [0.1, 0.15) is 28.6 Å². The minimum atomic E-state index is -4.65. The third-order valence-corrected chi connectivity index (χ3v) is 11.1. The number of piperidine rings is 1. The second-order valence-corrected chi connectivity index (χ2v) is 15.4. The molecule has 1 fully saturated rings. The number of rotatable bonds is 8. The van der Waals surface area contributed by atoms with Crippen molar-refractivity contribution in [2.45, 2.75) is 41.5 Å². The number of amides is 1. The van der Waals surface area contributed by atoms with E-state index >= 15 is 0 Å². The summed E-state index contributed by atoms with van der Waals surface area (Å²) in [6.07, 6.45) is 2.07. The number of nitrogens with zero attached hydrogens (tertiary/aromatic N) is 3. The molecule has 47 heavy (non-hydrogen) atoms. The van der Waals surface area contributed by atoms with Crippen molar-refractivity contribution in [1.82, 2.24) is 5.43 Å². The largest absolute Gasteiger partial charge is 0.346 e. The standard InChI is InChI=1S/C31H27Cl3N4O7S2/c32-21-12-10-20(11-13-21)28-19-26(35-37(28)27-15-14-22(33)18-25(27)34)31(39)36-38(16-2-1-3-17-38)45-47(43,44)30-9-5-6-23-24(30)7-4-8-29(23)46(40,41)42/h4-15,18,28H,1-3,16-17,19H2,(H-,36,39,40,41,42)/p+1/t28-/m1/s1. The molecule has 0 aromatic heterocycles. The molecular formula is C31H28Cl3N4O7S2+. The number of hydrogen-bond donors (Lipinski definition) is 2. The molecule has 0 spiro atoms. The molecule has 11 nitrogen and oxygen atoms in total. The summed E-state index contributed by atoms with van der Waals surface area (Å²) in [7, 11) is -9.26. The summed E-state index contributed by atoms with van der Waals surface area (Å²) in [6, 6.07) is 19.5. The van der Waals surface area contributed by atoms with E-state index in [9.17, 15) is 26.2 Å². The van der Waals surface area contributed by atoms with Crippen LogP contribution in [0.1, 0.15) is 37.3 Å². The van der Waals surface area contributed by atoms with Gasteiger partial charge in [-0.15, -0.1) is 0 Å². The van der Waals surface area contributed by atoms with Gasteiger partial charge in [0.15, 0.2) is 0 Å². The molecule has 4 aromatic carbocycles. The maximum atomic E-state index is 13.9. The van der Waals surface area contributed by atoms with E-state index in [1.807, 2.05) is 12.1 Å². The number of hydroxylamine groups is 2. The number of benzene rings is 4. The molecule has 0 aliphatic carbocycles. The van der Waals surface area contributed by atoms with Crippen LogP contribution in [0.2, 0.25) is 15.1 Å². The van der Waals surface area contributed by atoms with Crippen molar-refractivity contribution >= 4 is 83.1 Å². The molecule has 2 heterocycles. The first kappa shape index (κ1) is 33.6. The van der Waals surface area contributed by atoms with Crippen LogP contribution < -0.4 is 10.4 Å². The van der Waals surface area contributed by atoms with Crippen molar-refractivity contribution in [2.24, 2.45) is 5.10 Å². The Hall–Kier alpha value is -3.27. The second kappa shape index (κ2) is 13.0. The Morgan fingerprint density at radius 1 is 0.851 bits per heavy atom. The first-order valence-electron chi connectivity index (χ1n) is 14.5. The van der Waals surface area contributed by atoms with Crippen molar-refractivity contribution in [2.75, 3.05) is 18.1 Å². The number of carbonyl (C=O) groups excluding carboxylic acids is 1. The third-order valence-electron chi connectivity index (χ3n) is 8.06. The van der Waals surface area contributed by atoms with Gasteiger partial charge in [-0.3, -0.25) is 14.4 Å². The predicted octanol–water partition coefficient (Wildman–Crippen LogP) is 6.71. The fraction of sp³-hybridized carbons (Fsp3) is 0.226. The lowest BCUT2D eigenvalue weighted by molar-refractivity contribution is -1.11. The molecule has 246 valence electrons. The number of hydrogen-bond acceptors (Lipinski definition) is 8. The van der Waals surface area contributed by atoms with Crippen LogP contribution in [0.3, 0.4) is 0 Å². The Bertz CT molecular complexity index is 2120. The fourth-order valence-corrected chi connectivity index (χ4v) is 8.54. The first-order valence-corrected chi connectivity index (χ1v) is 18.5. The Balaban J connectivity index is 1.34. The van der Waals surface area contributed by atoms with Gasteiger partial charge in [0.25, 0.3) is 10.1 Å². The third kappa shape index (κ3) is 6.99. The van der Waals surface area contributed by atoms with E-state index in [0.717, 1.165) is 12.0 Å². The molecule has 6 rings (SSSR count). The zero-order chi connectivity index (χ0) is 33.6. The molecule has 2 aliphatic heterocycles. The van der Waals surface area contributed by atoms with Gasteiger partial charge in [-0.05, 0) is 58.7 Å². The van der Waals surface area contributed by atoms with Gasteiger partial charge in [-0.25, -0.2) is 0 Å². The summed E-state index contributed by atoms with van der Waals surface area (Å²) in [4.78, 5) is 13.2. The predicted molar refractivity (Wildman–Crippen MR) is 179 cm³/mol. The molecule has 16 heteroatoms. The molecule has 0 bridgehead atoms. The lowest BCUT2D eigenvalue weighted by Gasteiger charge is -2.35. The zero-order valence-electron chi connectivity index (χ0n) is 24.5. The van der Waals surface area contributed by atoms with Crippen molar-refractivity contribution in [3.8, 4) is 0 Å². The van der Waals surface area contributed by atoms with Crippen LogP contribution in [0.4, 0.5) is 5.69 Å². The molecule has 2 N–H and O–H groups in total. The highest BCUT2D eigenvalue weighted by molar-refractivity contribution is 7.87. The molecule has 2 aliphatic rings. The molecule has 0 saturated carbocycles.